The minimum atomic E-state index is -0.700. The van der Waals surface area contributed by atoms with Crippen LogP contribution in [0.5, 0.6) is 0 Å². The van der Waals surface area contributed by atoms with E-state index in [1.807, 2.05) is 19.9 Å². The lowest BCUT2D eigenvalue weighted by atomic mass is 10.1. The van der Waals surface area contributed by atoms with E-state index in [0.29, 0.717) is 11.5 Å². The van der Waals surface area contributed by atoms with Crippen molar-refractivity contribution in [1.82, 2.24) is 0 Å². The smallest absolute Gasteiger partial charge is 0.301 e. The van der Waals surface area contributed by atoms with Gasteiger partial charge in [-0.15, -0.1) is 0 Å². The monoisotopic (exact) mass is 332 g/mol. The van der Waals surface area contributed by atoms with Crippen molar-refractivity contribution in [3.63, 3.8) is 0 Å². The summed E-state index contributed by atoms with van der Waals surface area (Å²) in [5.41, 5.74) is 3.37. The average Bonchev–Trinajstić information content (AvgIpc) is 2.54. The molecule has 126 valence electrons. The van der Waals surface area contributed by atoms with Gasteiger partial charge < -0.3 is 4.74 Å². The van der Waals surface area contributed by atoms with Crippen molar-refractivity contribution in [1.29, 1.82) is 0 Å². The van der Waals surface area contributed by atoms with Crippen LogP contribution in [0.3, 0.4) is 0 Å². The molecule has 0 radical (unpaired) electrons. The van der Waals surface area contributed by atoms with E-state index >= 15 is 0 Å². The number of nitro groups is 2. The maximum atomic E-state index is 11.1. The number of ether oxygens (including phenoxy) is 1. The van der Waals surface area contributed by atoms with Gasteiger partial charge in [-0.25, -0.2) is 0 Å². The van der Waals surface area contributed by atoms with E-state index in [1.54, 1.807) is 6.92 Å². The first-order valence-electron chi connectivity index (χ1n) is 7.07. The number of nitro benzene ring substituents is 2. The van der Waals surface area contributed by atoms with Gasteiger partial charge in [-0.3, -0.25) is 25.7 Å². The second-order valence-electron chi connectivity index (χ2n) is 5.26. The first kappa shape index (κ1) is 17.1. The van der Waals surface area contributed by atoms with Gasteiger partial charge in [-0.2, -0.15) is 5.10 Å². The Labute approximate surface area is 137 Å². The summed E-state index contributed by atoms with van der Waals surface area (Å²) in [6.07, 6.45) is 2.69. The minimum Gasteiger partial charge on any atom is -0.460 e. The number of non-ortho nitro benzene ring substituents is 1. The minimum absolute atomic E-state index is 0.0614. The first-order valence-corrected chi connectivity index (χ1v) is 7.07. The van der Waals surface area contributed by atoms with Gasteiger partial charge in [0.15, 0.2) is 0 Å². The third-order valence-electron chi connectivity index (χ3n) is 3.41. The van der Waals surface area contributed by atoms with Crippen LogP contribution in [-0.4, -0.2) is 15.6 Å². The molecule has 1 aliphatic heterocycles. The summed E-state index contributed by atoms with van der Waals surface area (Å²) in [7, 11) is 0. The summed E-state index contributed by atoms with van der Waals surface area (Å²) >= 11 is 0. The largest absolute Gasteiger partial charge is 0.460 e. The highest BCUT2D eigenvalue weighted by molar-refractivity contribution is 5.98. The molecule has 2 rings (SSSR count). The van der Waals surface area contributed by atoms with Crippen molar-refractivity contribution in [2.24, 2.45) is 5.10 Å². The van der Waals surface area contributed by atoms with E-state index in [0.717, 1.165) is 23.8 Å². The lowest BCUT2D eigenvalue weighted by Crippen LogP contribution is -2.10. The van der Waals surface area contributed by atoms with Crippen molar-refractivity contribution >= 4 is 22.8 Å². The number of allylic oxidation sites excluding steroid dienone is 4. The number of anilines is 1. The number of hydrogen-bond donors (Lipinski definition) is 1. The summed E-state index contributed by atoms with van der Waals surface area (Å²) in [6, 6.07) is 3.32. The lowest BCUT2D eigenvalue weighted by molar-refractivity contribution is -0.393. The molecule has 0 aromatic heterocycles. The zero-order valence-electron chi connectivity index (χ0n) is 13.4. The number of nitrogens with zero attached hydrogens (tertiary/aromatic N) is 3. The Morgan fingerprint density at radius 3 is 2.58 bits per heavy atom. The molecule has 0 atom stereocenters. The Hall–Kier alpha value is -3.23. The molecule has 0 fully saturated rings. The molecule has 0 aliphatic carbocycles. The molecule has 1 aromatic carbocycles. The summed E-state index contributed by atoms with van der Waals surface area (Å²) in [5, 5.41) is 25.9. The van der Waals surface area contributed by atoms with Gasteiger partial charge in [0.2, 0.25) is 0 Å². The molecular weight excluding hydrogens is 316 g/mol. The zero-order valence-corrected chi connectivity index (χ0v) is 13.4. The molecule has 1 heterocycles. The Balaban J connectivity index is 2.28. The average molecular weight is 332 g/mol. The van der Waals surface area contributed by atoms with Crippen LogP contribution in [0.1, 0.15) is 27.2 Å². The van der Waals surface area contributed by atoms with Crippen LogP contribution >= 0.6 is 0 Å². The topological polar surface area (TPSA) is 120 Å². The zero-order chi connectivity index (χ0) is 17.9. The van der Waals surface area contributed by atoms with Crippen molar-refractivity contribution in [2.45, 2.75) is 27.2 Å². The van der Waals surface area contributed by atoms with Crippen molar-refractivity contribution in [3.05, 3.63) is 61.6 Å². The van der Waals surface area contributed by atoms with E-state index < -0.39 is 15.5 Å². The van der Waals surface area contributed by atoms with E-state index in [9.17, 15) is 20.2 Å². The third-order valence-corrected chi connectivity index (χ3v) is 3.41. The second kappa shape index (κ2) is 6.90. The number of hydrazone groups is 1. The van der Waals surface area contributed by atoms with Gasteiger partial charge in [0.25, 0.3) is 5.69 Å². The van der Waals surface area contributed by atoms with Crippen LogP contribution in [-0.2, 0) is 4.74 Å². The van der Waals surface area contributed by atoms with Crippen LogP contribution in [0.4, 0.5) is 17.1 Å². The van der Waals surface area contributed by atoms with Gasteiger partial charge in [0, 0.05) is 6.07 Å². The molecule has 1 N–H and O–H groups in total. The predicted molar refractivity (Wildman–Crippen MR) is 88.6 cm³/mol. The van der Waals surface area contributed by atoms with Crippen LogP contribution in [0.2, 0.25) is 0 Å². The maximum Gasteiger partial charge on any atom is 0.301 e. The number of benzene rings is 1. The van der Waals surface area contributed by atoms with E-state index in [4.69, 9.17) is 4.74 Å². The first-order chi connectivity index (χ1) is 11.3. The normalized spacial score (nSPS) is 14.8. The lowest BCUT2D eigenvalue weighted by Gasteiger charge is -2.17. The highest BCUT2D eigenvalue weighted by Gasteiger charge is 2.20. The Bertz CT molecular complexity index is 795. The summed E-state index contributed by atoms with van der Waals surface area (Å²) in [6.45, 7) is 5.45. The summed E-state index contributed by atoms with van der Waals surface area (Å²) in [4.78, 5) is 20.4. The van der Waals surface area contributed by atoms with E-state index in [-0.39, 0.29) is 11.4 Å². The fourth-order valence-electron chi connectivity index (χ4n) is 2.14. The molecule has 9 heteroatoms. The molecule has 1 aliphatic rings. The molecule has 1 aromatic rings. The molecule has 24 heavy (non-hydrogen) atoms. The molecule has 0 spiro atoms. The molecule has 0 saturated heterocycles. The Kier molecular flexibility index (Phi) is 4.93. The SMILES string of the molecule is CC1=CCC(C)=C(/C(C)=N/Nc2ccc([N+](=O)[O-])cc2[N+](=O)[O-])O1. The number of rotatable bonds is 5. The Morgan fingerprint density at radius 1 is 1.25 bits per heavy atom. The van der Waals surface area contributed by atoms with Crippen molar-refractivity contribution in [3.8, 4) is 0 Å². The number of nitrogens with one attached hydrogen (secondary N) is 1. The summed E-state index contributed by atoms with van der Waals surface area (Å²) in [5.74, 6) is 1.36. The van der Waals surface area contributed by atoms with Crippen LogP contribution < -0.4 is 5.43 Å². The highest BCUT2D eigenvalue weighted by atomic mass is 16.6. The van der Waals surface area contributed by atoms with Gasteiger partial charge in [0.05, 0.1) is 21.7 Å². The molecule has 0 saturated carbocycles. The van der Waals surface area contributed by atoms with Gasteiger partial charge >= 0.3 is 5.69 Å². The molecule has 0 amide bonds. The van der Waals surface area contributed by atoms with Gasteiger partial charge in [0.1, 0.15) is 17.2 Å². The third kappa shape index (κ3) is 3.75. The van der Waals surface area contributed by atoms with E-state index in [1.165, 1.54) is 12.1 Å². The molecule has 0 unspecified atom stereocenters. The highest BCUT2D eigenvalue weighted by Crippen LogP contribution is 2.29. The molecule has 0 bridgehead atoms. The summed E-state index contributed by atoms with van der Waals surface area (Å²) < 4.78 is 5.62. The number of hydrogen-bond acceptors (Lipinski definition) is 7. The van der Waals surface area contributed by atoms with Gasteiger partial charge in [-0.05, 0) is 44.9 Å². The van der Waals surface area contributed by atoms with Crippen molar-refractivity contribution < 1.29 is 14.6 Å². The quantitative estimate of drug-likeness (QED) is 0.496. The van der Waals surface area contributed by atoms with Crippen LogP contribution in [0, 0.1) is 20.2 Å². The molecular formula is C15H16N4O5. The second-order valence-corrected chi connectivity index (χ2v) is 5.26. The molecule has 9 nitrogen and oxygen atoms in total. The standard InChI is InChI=1S/C15H16N4O5/c1-9-4-5-10(2)24-15(9)11(3)16-17-13-7-6-12(18(20)21)8-14(13)19(22)23/h5-8,17H,4H2,1-3H3/b16-11+. The fraction of sp³-hybridized carbons (Fsp3) is 0.267. The maximum absolute atomic E-state index is 11.1. The predicted octanol–water partition coefficient (Wildman–Crippen LogP) is 3.89. The Morgan fingerprint density at radius 2 is 1.96 bits per heavy atom. The van der Waals surface area contributed by atoms with Crippen LogP contribution in [0.25, 0.3) is 0 Å². The van der Waals surface area contributed by atoms with Crippen molar-refractivity contribution in [2.75, 3.05) is 5.43 Å². The van der Waals surface area contributed by atoms with Gasteiger partial charge in [-0.1, -0.05) is 0 Å². The fourth-order valence-corrected chi connectivity index (χ4v) is 2.14. The van der Waals surface area contributed by atoms with Crippen LogP contribution in [0.15, 0.2) is 46.5 Å². The van der Waals surface area contributed by atoms with E-state index in [2.05, 4.69) is 10.5 Å².